The van der Waals surface area contributed by atoms with Gasteiger partial charge in [-0.2, -0.15) is 13.2 Å². The fourth-order valence-corrected chi connectivity index (χ4v) is 1.30. The molecule has 94 valence electrons. The van der Waals surface area contributed by atoms with Crippen molar-refractivity contribution in [2.75, 3.05) is 0 Å². The van der Waals surface area contributed by atoms with Gasteiger partial charge in [0.15, 0.2) is 0 Å². The van der Waals surface area contributed by atoms with Gasteiger partial charge in [0.05, 0.1) is 12.0 Å². The lowest BCUT2D eigenvalue weighted by Gasteiger charge is -2.13. The maximum absolute atomic E-state index is 13.0. The third-order valence-electron chi connectivity index (χ3n) is 2.07. The summed E-state index contributed by atoms with van der Waals surface area (Å²) < 4.78 is 50.0. The third kappa shape index (κ3) is 3.70. The van der Waals surface area contributed by atoms with Crippen LogP contribution in [0.25, 0.3) is 0 Å². The summed E-state index contributed by atoms with van der Waals surface area (Å²) in [4.78, 5) is 10.4. The van der Waals surface area contributed by atoms with Crippen LogP contribution in [-0.2, 0) is 11.0 Å². The molecule has 3 nitrogen and oxygen atoms in total. The number of hydrogen-bond acceptors (Lipinski definition) is 2. The Kier molecular flexibility index (Phi) is 3.72. The molecule has 3 N–H and O–H groups in total. The van der Waals surface area contributed by atoms with Gasteiger partial charge >= 0.3 is 12.1 Å². The highest BCUT2D eigenvalue weighted by Gasteiger charge is 2.31. The minimum atomic E-state index is -4.69. The zero-order valence-corrected chi connectivity index (χ0v) is 8.46. The van der Waals surface area contributed by atoms with Crippen LogP contribution in [-0.4, -0.2) is 11.1 Å². The van der Waals surface area contributed by atoms with Crippen LogP contribution < -0.4 is 5.73 Å². The number of alkyl halides is 3. The van der Waals surface area contributed by atoms with E-state index in [2.05, 4.69) is 0 Å². The van der Waals surface area contributed by atoms with Crippen LogP contribution in [0.3, 0.4) is 0 Å². The predicted octanol–water partition coefficient (Wildman–Crippen LogP) is 2.32. The lowest BCUT2D eigenvalue weighted by molar-refractivity contribution is -0.138. The van der Waals surface area contributed by atoms with Crippen molar-refractivity contribution in [3.05, 3.63) is 35.1 Å². The summed E-state index contributed by atoms with van der Waals surface area (Å²) in [5.41, 5.74) is 3.98. The number of nitrogens with two attached hydrogens (primary N) is 1. The molecule has 0 bridgehead atoms. The molecule has 1 aromatic rings. The topological polar surface area (TPSA) is 63.3 Å². The molecule has 0 aliphatic carbocycles. The van der Waals surface area contributed by atoms with E-state index in [0.29, 0.717) is 12.1 Å². The Bertz CT molecular complexity index is 431. The average Bonchev–Trinajstić information content (AvgIpc) is 2.14. The van der Waals surface area contributed by atoms with Crippen LogP contribution in [0.5, 0.6) is 0 Å². The molecule has 0 aromatic heterocycles. The minimum Gasteiger partial charge on any atom is -0.481 e. The van der Waals surface area contributed by atoms with E-state index >= 15 is 0 Å². The molecule has 0 saturated heterocycles. The van der Waals surface area contributed by atoms with Gasteiger partial charge in [-0.15, -0.1) is 0 Å². The van der Waals surface area contributed by atoms with Gasteiger partial charge in [-0.05, 0) is 23.8 Å². The lowest BCUT2D eigenvalue weighted by Crippen LogP contribution is -2.16. The van der Waals surface area contributed by atoms with Crippen molar-refractivity contribution in [1.29, 1.82) is 0 Å². The van der Waals surface area contributed by atoms with Gasteiger partial charge in [0.25, 0.3) is 0 Å². The number of carboxylic acids is 1. The first kappa shape index (κ1) is 13.4. The number of halogens is 4. The molecule has 1 aromatic carbocycles. The first-order valence-corrected chi connectivity index (χ1v) is 4.55. The monoisotopic (exact) mass is 251 g/mol. The molecule has 1 unspecified atom stereocenters. The number of carbonyl (C=O) groups is 1. The zero-order valence-electron chi connectivity index (χ0n) is 8.46. The SMILES string of the molecule is NC(CC(=O)O)c1cc(F)cc(C(F)(F)F)c1. The number of benzene rings is 1. The highest BCUT2D eigenvalue weighted by atomic mass is 19.4. The maximum atomic E-state index is 13.0. The number of rotatable bonds is 3. The van der Waals surface area contributed by atoms with E-state index in [1.165, 1.54) is 0 Å². The van der Waals surface area contributed by atoms with E-state index in [9.17, 15) is 22.4 Å². The summed E-state index contributed by atoms with van der Waals surface area (Å²) in [7, 11) is 0. The normalized spacial score (nSPS) is 13.5. The van der Waals surface area contributed by atoms with Gasteiger partial charge in [-0.25, -0.2) is 4.39 Å². The predicted molar refractivity (Wildman–Crippen MR) is 50.6 cm³/mol. The van der Waals surface area contributed by atoms with Gasteiger partial charge in [-0.1, -0.05) is 0 Å². The molecule has 0 amide bonds. The maximum Gasteiger partial charge on any atom is 0.416 e. The summed E-state index contributed by atoms with van der Waals surface area (Å²) in [6.07, 6.45) is -5.26. The average molecular weight is 251 g/mol. The molecule has 0 heterocycles. The number of carboxylic acid groups (broad SMARTS) is 1. The van der Waals surface area contributed by atoms with Crippen molar-refractivity contribution in [2.45, 2.75) is 18.6 Å². The second kappa shape index (κ2) is 4.70. The van der Waals surface area contributed by atoms with E-state index in [1.54, 1.807) is 0 Å². The molecule has 0 aliphatic heterocycles. The molecule has 7 heteroatoms. The Morgan fingerprint density at radius 2 is 1.94 bits per heavy atom. The molecule has 0 saturated carbocycles. The molecule has 17 heavy (non-hydrogen) atoms. The van der Waals surface area contributed by atoms with E-state index in [0.717, 1.165) is 6.07 Å². The summed E-state index contributed by atoms with van der Waals surface area (Å²) in [6, 6.07) is 0.598. The summed E-state index contributed by atoms with van der Waals surface area (Å²) >= 11 is 0. The highest BCUT2D eigenvalue weighted by molar-refractivity contribution is 5.67. The Morgan fingerprint density at radius 1 is 1.35 bits per heavy atom. The fourth-order valence-electron chi connectivity index (χ4n) is 1.30. The highest BCUT2D eigenvalue weighted by Crippen LogP contribution is 2.31. The standard InChI is InChI=1S/C10H9F4NO2/c11-7-2-5(8(15)4-9(16)17)1-6(3-7)10(12,13)14/h1-3,8H,4,15H2,(H,16,17). The summed E-state index contributed by atoms with van der Waals surface area (Å²) in [5.74, 6) is -2.37. The lowest BCUT2D eigenvalue weighted by atomic mass is 10.0. The van der Waals surface area contributed by atoms with Crippen molar-refractivity contribution in [3.63, 3.8) is 0 Å². The molecule has 0 aliphatic rings. The Balaban J connectivity index is 3.09. The van der Waals surface area contributed by atoms with Gasteiger partial charge in [0.2, 0.25) is 0 Å². The van der Waals surface area contributed by atoms with Crippen molar-refractivity contribution in [2.24, 2.45) is 5.73 Å². The van der Waals surface area contributed by atoms with Gasteiger partial charge < -0.3 is 10.8 Å². The van der Waals surface area contributed by atoms with Crippen LogP contribution in [0.1, 0.15) is 23.6 Å². The number of aliphatic carboxylic acids is 1. The molecular weight excluding hydrogens is 242 g/mol. The van der Waals surface area contributed by atoms with E-state index < -0.39 is 36.0 Å². The van der Waals surface area contributed by atoms with Crippen molar-refractivity contribution >= 4 is 5.97 Å². The minimum absolute atomic E-state index is 0.195. The quantitative estimate of drug-likeness (QED) is 0.810. The van der Waals surface area contributed by atoms with Crippen LogP contribution >= 0.6 is 0 Å². The van der Waals surface area contributed by atoms with Crippen LogP contribution in [0.4, 0.5) is 17.6 Å². The fraction of sp³-hybridized carbons (Fsp3) is 0.300. The van der Waals surface area contributed by atoms with Crippen LogP contribution in [0.15, 0.2) is 18.2 Å². The van der Waals surface area contributed by atoms with Crippen molar-refractivity contribution in [3.8, 4) is 0 Å². The van der Waals surface area contributed by atoms with Gasteiger partial charge in [0.1, 0.15) is 5.82 Å². The molecule has 0 fully saturated rings. The first-order valence-electron chi connectivity index (χ1n) is 4.55. The zero-order chi connectivity index (χ0) is 13.2. The van der Waals surface area contributed by atoms with Gasteiger partial charge in [-0.3, -0.25) is 4.79 Å². The van der Waals surface area contributed by atoms with Crippen LogP contribution in [0, 0.1) is 5.82 Å². The largest absolute Gasteiger partial charge is 0.481 e. The second-order valence-electron chi connectivity index (χ2n) is 3.48. The van der Waals surface area contributed by atoms with Crippen molar-refractivity contribution in [1.82, 2.24) is 0 Å². The smallest absolute Gasteiger partial charge is 0.416 e. The molecule has 0 spiro atoms. The van der Waals surface area contributed by atoms with E-state index in [-0.39, 0.29) is 5.56 Å². The number of hydrogen-bond donors (Lipinski definition) is 2. The Hall–Kier alpha value is -1.63. The molecular formula is C10H9F4NO2. The summed E-state index contributed by atoms with van der Waals surface area (Å²) in [5, 5.41) is 8.45. The van der Waals surface area contributed by atoms with Crippen LogP contribution in [0.2, 0.25) is 0 Å². The van der Waals surface area contributed by atoms with Gasteiger partial charge in [0, 0.05) is 6.04 Å². The molecule has 1 atom stereocenters. The van der Waals surface area contributed by atoms with E-state index in [1.807, 2.05) is 0 Å². The third-order valence-corrected chi connectivity index (χ3v) is 2.07. The first-order chi connectivity index (χ1) is 7.70. The molecule has 0 radical (unpaired) electrons. The molecule has 1 rings (SSSR count). The Morgan fingerprint density at radius 3 is 2.41 bits per heavy atom. The second-order valence-corrected chi connectivity index (χ2v) is 3.48. The van der Waals surface area contributed by atoms with E-state index in [4.69, 9.17) is 10.8 Å². The van der Waals surface area contributed by atoms with Crippen molar-refractivity contribution < 1.29 is 27.5 Å². The Labute approximate surface area is 93.8 Å². The summed E-state index contributed by atoms with van der Waals surface area (Å²) in [6.45, 7) is 0.